The number of nitrogens with zero attached hydrogens (tertiary/aromatic N) is 1. The van der Waals surface area contributed by atoms with Crippen LogP contribution >= 0.6 is 0 Å². The van der Waals surface area contributed by atoms with Crippen LogP contribution in [-0.2, 0) is 4.79 Å². The van der Waals surface area contributed by atoms with Gasteiger partial charge in [-0.2, -0.15) is 0 Å². The summed E-state index contributed by atoms with van der Waals surface area (Å²) < 4.78 is 13.4. The smallest absolute Gasteiger partial charge is 0.319 e. The molecule has 3 rings (SSSR count). The van der Waals surface area contributed by atoms with Crippen LogP contribution in [0.5, 0.6) is 0 Å². The molecule has 3 amide bonds. The number of rotatable bonds is 3. The molecule has 0 aromatic heterocycles. The second-order valence-corrected chi connectivity index (χ2v) is 6.76. The monoisotopic (exact) mass is 355 g/mol. The van der Waals surface area contributed by atoms with Crippen LogP contribution in [0, 0.1) is 26.6 Å². The number of hydrogen-bond acceptors (Lipinski definition) is 2. The van der Waals surface area contributed by atoms with Crippen LogP contribution in [0.15, 0.2) is 36.4 Å². The van der Waals surface area contributed by atoms with Crippen molar-refractivity contribution in [1.82, 2.24) is 5.32 Å². The number of urea groups is 1. The highest BCUT2D eigenvalue weighted by Crippen LogP contribution is 2.24. The number of hydrogen-bond donors (Lipinski definition) is 2. The third-order valence-electron chi connectivity index (χ3n) is 4.50. The molecule has 2 aromatic rings. The van der Waals surface area contributed by atoms with Gasteiger partial charge in [-0.1, -0.05) is 23.8 Å². The maximum absolute atomic E-state index is 13.4. The average Bonchev–Trinajstić information content (AvgIpc) is 2.91. The lowest BCUT2D eigenvalue weighted by Crippen LogP contribution is -2.40. The molecule has 1 saturated heterocycles. The molecule has 5 nitrogen and oxygen atoms in total. The lowest BCUT2D eigenvalue weighted by atomic mass is 10.1. The molecule has 1 aliphatic heterocycles. The standard InChI is InChI=1S/C20H22FN3O2/c1-12-7-13(2)19(14(3)8-12)23-20(26)22-16-10-18(25)24(11-16)17-6-4-5-15(21)9-17/h4-9,16H,10-11H2,1-3H3,(H2,22,23,26)/t16-/m1/s1. The van der Waals surface area contributed by atoms with E-state index in [1.54, 1.807) is 12.1 Å². The lowest BCUT2D eigenvalue weighted by Gasteiger charge is -2.18. The first-order chi connectivity index (χ1) is 12.3. The Labute approximate surface area is 152 Å². The number of nitrogens with one attached hydrogen (secondary N) is 2. The Hall–Kier alpha value is -2.89. The van der Waals surface area contributed by atoms with E-state index in [2.05, 4.69) is 10.6 Å². The van der Waals surface area contributed by atoms with Crippen molar-refractivity contribution in [2.45, 2.75) is 33.2 Å². The van der Waals surface area contributed by atoms with Crippen molar-refractivity contribution in [3.63, 3.8) is 0 Å². The molecular formula is C20H22FN3O2. The van der Waals surface area contributed by atoms with Gasteiger partial charge >= 0.3 is 6.03 Å². The van der Waals surface area contributed by atoms with Crippen LogP contribution < -0.4 is 15.5 Å². The van der Waals surface area contributed by atoms with E-state index in [0.717, 1.165) is 22.4 Å². The number of amides is 3. The maximum atomic E-state index is 13.4. The Bertz CT molecular complexity index is 843. The van der Waals surface area contributed by atoms with Gasteiger partial charge in [-0.25, -0.2) is 9.18 Å². The quantitative estimate of drug-likeness (QED) is 0.882. The van der Waals surface area contributed by atoms with E-state index in [1.807, 2.05) is 32.9 Å². The highest BCUT2D eigenvalue weighted by atomic mass is 19.1. The molecule has 1 aliphatic rings. The average molecular weight is 355 g/mol. The molecule has 1 fully saturated rings. The van der Waals surface area contributed by atoms with E-state index in [0.29, 0.717) is 12.2 Å². The van der Waals surface area contributed by atoms with E-state index < -0.39 is 5.82 Å². The Morgan fingerprint density at radius 3 is 2.50 bits per heavy atom. The predicted molar refractivity (Wildman–Crippen MR) is 100.0 cm³/mol. The first-order valence-electron chi connectivity index (χ1n) is 8.55. The zero-order valence-corrected chi connectivity index (χ0v) is 15.1. The molecular weight excluding hydrogens is 333 g/mol. The summed E-state index contributed by atoms with van der Waals surface area (Å²) in [6, 6.07) is 9.24. The molecule has 26 heavy (non-hydrogen) atoms. The third kappa shape index (κ3) is 3.85. The summed E-state index contributed by atoms with van der Waals surface area (Å²) in [6.07, 6.45) is 0.190. The van der Waals surface area contributed by atoms with E-state index in [1.165, 1.54) is 17.0 Å². The molecule has 0 bridgehead atoms. The van der Waals surface area contributed by atoms with Crippen molar-refractivity contribution < 1.29 is 14.0 Å². The van der Waals surface area contributed by atoms with Gasteiger partial charge < -0.3 is 15.5 Å². The fraction of sp³-hybridized carbons (Fsp3) is 0.300. The van der Waals surface area contributed by atoms with Crippen LogP contribution in [0.4, 0.5) is 20.6 Å². The Kier molecular flexibility index (Phi) is 4.93. The van der Waals surface area contributed by atoms with Crippen molar-refractivity contribution >= 4 is 23.3 Å². The summed E-state index contributed by atoms with van der Waals surface area (Å²) in [4.78, 5) is 26.1. The highest BCUT2D eigenvalue weighted by Gasteiger charge is 2.31. The van der Waals surface area contributed by atoms with Crippen molar-refractivity contribution in [2.24, 2.45) is 0 Å². The summed E-state index contributed by atoms with van der Waals surface area (Å²) >= 11 is 0. The summed E-state index contributed by atoms with van der Waals surface area (Å²) in [6.45, 7) is 6.22. The van der Waals surface area contributed by atoms with Gasteiger partial charge in [-0.3, -0.25) is 4.79 Å². The predicted octanol–water partition coefficient (Wildman–Crippen LogP) is 3.68. The number of carbonyl (C=O) groups excluding carboxylic acids is 2. The van der Waals surface area contributed by atoms with Crippen LogP contribution in [0.25, 0.3) is 0 Å². The number of carbonyl (C=O) groups is 2. The van der Waals surface area contributed by atoms with Crippen molar-refractivity contribution in [1.29, 1.82) is 0 Å². The van der Waals surface area contributed by atoms with Crippen molar-refractivity contribution in [3.8, 4) is 0 Å². The lowest BCUT2D eigenvalue weighted by molar-refractivity contribution is -0.117. The van der Waals surface area contributed by atoms with E-state index in [-0.39, 0.29) is 24.4 Å². The number of aryl methyl sites for hydroxylation is 3. The molecule has 6 heteroatoms. The van der Waals surface area contributed by atoms with Gasteiger partial charge in [0.1, 0.15) is 5.82 Å². The summed E-state index contributed by atoms with van der Waals surface area (Å²) in [5.41, 5.74) is 4.39. The first-order valence-corrected chi connectivity index (χ1v) is 8.55. The number of anilines is 2. The van der Waals surface area contributed by atoms with Gasteiger partial charge in [0.15, 0.2) is 0 Å². The second-order valence-electron chi connectivity index (χ2n) is 6.76. The van der Waals surface area contributed by atoms with E-state index in [4.69, 9.17) is 0 Å². The highest BCUT2D eigenvalue weighted by molar-refractivity contribution is 5.98. The molecule has 2 N–H and O–H groups in total. The molecule has 136 valence electrons. The third-order valence-corrected chi connectivity index (χ3v) is 4.50. The van der Waals surface area contributed by atoms with E-state index >= 15 is 0 Å². The topological polar surface area (TPSA) is 61.4 Å². The fourth-order valence-corrected chi connectivity index (χ4v) is 3.41. The zero-order chi connectivity index (χ0) is 18.8. The fourth-order valence-electron chi connectivity index (χ4n) is 3.41. The summed E-state index contributed by atoms with van der Waals surface area (Å²) in [5, 5.41) is 5.71. The molecule has 1 heterocycles. The van der Waals surface area contributed by atoms with Gasteiger partial charge in [-0.15, -0.1) is 0 Å². The van der Waals surface area contributed by atoms with E-state index in [9.17, 15) is 14.0 Å². The Morgan fingerprint density at radius 1 is 1.15 bits per heavy atom. The molecule has 0 spiro atoms. The molecule has 0 unspecified atom stereocenters. The summed E-state index contributed by atoms with van der Waals surface area (Å²) in [5.74, 6) is -0.529. The Balaban J connectivity index is 1.65. The van der Waals surface area contributed by atoms with Gasteiger partial charge in [-0.05, 0) is 50.1 Å². The minimum Gasteiger partial charge on any atom is -0.333 e. The number of benzene rings is 2. The molecule has 0 radical (unpaired) electrons. The molecule has 0 saturated carbocycles. The first kappa shape index (κ1) is 17.9. The molecule has 1 atom stereocenters. The summed E-state index contributed by atoms with van der Waals surface area (Å²) in [7, 11) is 0. The normalized spacial score (nSPS) is 16.7. The largest absolute Gasteiger partial charge is 0.333 e. The van der Waals surface area contributed by atoms with Gasteiger partial charge in [0, 0.05) is 24.3 Å². The molecule has 2 aromatic carbocycles. The van der Waals surface area contributed by atoms with Gasteiger partial charge in [0.05, 0.1) is 6.04 Å². The minimum atomic E-state index is -0.394. The van der Waals surface area contributed by atoms with Crippen LogP contribution in [0.2, 0.25) is 0 Å². The molecule has 0 aliphatic carbocycles. The van der Waals surface area contributed by atoms with Crippen molar-refractivity contribution in [2.75, 3.05) is 16.8 Å². The van der Waals surface area contributed by atoms with Gasteiger partial charge in [0.25, 0.3) is 0 Å². The zero-order valence-electron chi connectivity index (χ0n) is 15.1. The number of halogens is 1. The maximum Gasteiger partial charge on any atom is 0.319 e. The Morgan fingerprint density at radius 2 is 1.85 bits per heavy atom. The SMILES string of the molecule is Cc1cc(C)c(NC(=O)N[C@@H]2CC(=O)N(c3cccc(F)c3)C2)c(C)c1. The van der Waals surface area contributed by atoms with Crippen molar-refractivity contribution in [3.05, 3.63) is 58.9 Å². The van der Waals surface area contributed by atoms with Crippen LogP contribution in [0.3, 0.4) is 0 Å². The van der Waals surface area contributed by atoms with Crippen LogP contribution in [0.1, 0.15) is 23.1 Å². The minimum absolute atomic E-state index is 0.136. The second kappa shape index (κ2) is 7.15. The van der Waals surface area contributed by atoms with Crippen LogP contribution in [-0.4, -0.2) is 24.5 Å². The van der Waals surface area contributed by atoms with Gasteiger partial charge in [0.2, 0.25) is 5.91 Å².